The number of hydrogen-bond donors (Lipinski definition) is 0. The molecule has 0 saturated heterocycles. The zero-order valence-corrected chi connectivity index (χ0v) is 10.6. The number of halogens is 1. The average Bonchev–Trinajstić information content (AvgIpc) is 2.77. The molecule has 0 radical (unpaired) electrons. The third-order valence-electron chi connectivity index (χ3n) is 2.27. The fourth-order valence-corrected chi connectivity index (χ4v) is 1.86. The molecule has 0 aliphatic rings. The predicted molar refractivity (Wildman–Crippen MR) is 65.2 cm³/mol. The number of rotatable bonds is 4. The van der Waals surface area contributed by atoms with Gasteiger partial charge in [-0.05, 0) is 11.6 Å². The molecule has 5 heteroatoms. The molecule has 2 aromatic rings. The summed E-state index contributed by atoms with van der Waals surface area (Å²) in [6.07, 6.45) is 1.54. The lowest BCUT2D eigenvalue weighted by Gasteiger charge is -1.99. The van der Waals surface area contributed by atoms with E-state index in [1.54, 1.807) is 0 Å². The van der Waals surface area contributed by atoms with Gasteiger partial charge in [-0.2, -0.15) is 10.2 Å². The summed E-state index contributed by atoms with van der Waals surface area (Å²) in [5, 5.41) is 12.3. The minimum absolute atomic E-state index is 0.399. The summed E-state index contributed by atoms with van der Waals surface area (Å²) in [5.41, 5.74) is 1.11. The van der Waals surface area contributed by atoms with Crippen molar-refractivity contribution in [1.29, 1.82) is 5.26 Å². The second kappa shape index (κ2) is 5.60. The van der Waals surface area contributed by atoms with Gasteiger partial charge in [0.25, 0.3) is 0 Å². The maximum Gasteiger partial charge on any atom is 0.227 e. The molecular weight excluding hydrogens is 282 g/mol. The lowest BCUT2D eigenvalue weighted by Crippen LogP contribution is -1.92. The molecule has 17 heavy (non-hydrogen) atoms. The normalized spacial score (nSPS) is 10.1. The molecule has 4 nitrogen and oxygen atoms in total. The fraction of sp³-hybridized carbons (Fsp3) is 0.250. The van der Waals surface area contributed by atoms with Gasteiger partial charge in [-0.25, -0.2) is 0 Å². The largest absolute Gasteiger partial charge is 0.339 e. The van der Waals surface area contributed by atoms with Crippen molar-refractivity contribution < 1.29 is 4.52 Å². The molecule has 2 rings (SSSR count). The van der Waals surface area contributed by atoms with Gasteiger partial charge >= 0.3 is 0 Å². The Labute approximate surface area is 107 Å². The lowest BCUT2D eigenvalue weighted by molar-refractivity contribution is 0.374. The van der Waals surface area contributed by atoms with Crippen molar-refractivity contribution in [2.24, 2.45) is 0 Å². The molecule has 0 unspecified atom stereocenters. The highest BCUT2D eigenvalue weighted by atomic mass is 79.9. The molecule has 86 valence electrons. The second-order valence-electron chi connectivity index (χ2n) is 3.53. The molecule has 0 N–H and O–H groups in total. The highest BCUT2D eigenvalue weighted by molar-refractivity contribution is 9.10. The number of nitriles is 1. The van der Waals surface area contributed by atoms with E-state index in [9.17, 15) is 0 Å². The minimum atomic E-state index is 0.399. The van der Waals surface area contributed by atoms with Gasteiger partial charge in [0.2, 0.25) is 5.89 Å². The Kier molecular flexibility index (Phi) is 3.89. The van der Waals surface area contributed by atoms with Gasteiger partial charge < -0.3 is 4.52 Å². The zero-order chi connectivity index (χ0) is 12.1. The average molecular weight is 292 g/mol. The first-order valence-corrected chi connectivity index (χ1v) is 6.00. The standard InChI is InChI=1S/C12H10BrN3O/c13-10-5-2-1-4-9(10)8-11-15-12(17-16-11)6-3-7-14/h1-2,4-5H,3,6,8H2. The number of aromatic nitrogens is 2. The summed E-state index contributed by atoms with van der Waals surface area (Å²) in [5.74, 6) is 1.17. The zero-order valence-electron chi connectivity index (χ0n) is 9.06. The van der Waals surface area contributed by atoms with Gasteiger partial charge in [-0.15, -0.1) is 0 Å². The molecule has 0 bridgehead atoms. The molecule has 1 heterocycles. The number of nitrogens with zero attached hydrogens (tertiary/aromatic N) is 3. The molecule has 0 aliphatic carbocycles. The Hall–Kier alpha value is -1.67. The summed E-state index contributed by atoms with van der Waals surface area (Å²) >= 11 is 3.47. The van der Waals surface area contributed by atoms with E-state index < -0.39 is 0 Å². The van der Waals surface area contributed by atoms with E-state index in [1.807, 2.05) is 30.3 Å². The monoisotopic (exact) mass is 291 g/mol. The van der Waals surface area contributed by atoms with E-state index >= 15 is 0 Å². The van der Waals surface area contributed by atoms with Gasteiger partial charge in [-0.1, -0.05) is 39.3 Å². The molecule has 1 aromatic carbocycles. The maximum absolute atomic E-state index is 8.46. The number of benzene rings is 1. The highest BCUT2D eigenvalue weighted by Gasteiger charge is 2.08. The van der Waals surface area contributed by atoms with Crippen LogP contribution in [-0.4, -0.2) is 10.1 Å². The lowest BCUT2D eigenvalue weighted by atomic mass is 10.1. The summed E-state index contributed by atoms with van der Waals surface area (Å²) in [7, 11) is 0. The molecule has 0 spiro atoms. The van der Waals surface area contributed by atoms with E-state index in [0.717, 1.165) is 10.0 Å². The number of aryl methyl sites for hydroxylation is 1. The SMILES string of the molecule is N#CCCc1nc(Cc2ccccc2Br)no1. The summed E-state index contributed by atoms with van der Waals surface area (Å²) in [4.78, 5) is 4.23. The van der Waals surface area contributed by atoms with Gasteiger partial charge in [0.15, 0.2) is 5.82 Å². The molecule has 0 fully saturated rings. The molecule has 0 aliphatic heterocycles. The first-order valence-electron chi connectivity index (χ1n) is 5.21. The Bertz CT molecular complexity index is 545. The van der Waals surface area contributed by atoms with Crippen molar-refractivity contribution in [2.75, 3.05) is 0 Å². The summed E-state index contributed by atoms with van der Waals surface area (Å²) in [6, 6.07) is 9.97. The van der Waals surface area contributed by atoms with Crippen LogP contribution in [0.1, 0.15) is 23.7 Å². The van der Waals surface area contributed by atoms with Crippen LogP contribution in [0, 0.1) is 11.3 Å². The van der Waals surface area contributed by atoms with E-state index in [0.29, 0.717) is 31.0 Å². The Balaban J connectivity index is 2.07. The van der Waals surface area contributed by atoms with Crippen molar-refractivity contribution in [3.05, 3.63) is 46.0 Å². The van der Waals surface area contributed by atoms with Crippen LogP contribution in [0.5, 0.6) is 0 Å². The van der Waals surface area contributed by atoms with Crippen molar-refractivity contribution >= 4 is 15.9 Å². The van der Waals surface area contributed by atoms with Gasteiger partial charge in [-0.3, -0.25) is 0 Å². The van der Waals surface area contributed by atoms with E-state index in [2.05, 4.69) is 26.1 Å². The van der Waals surface area contributed by atoms with E-state index in [1.165, 1.54) is 0 Å². The van der Waals surface area contributed by atoms with Gasteiger partial charge in [0.1, 0.15) is 0 Å². The maximum atomic E-state index is 8.46. The molecule has 0 amide bonds. The van der Waals surface area contributed by atoms with E-state index in [-0.39, 0.29) is 0 Å². The molecule has 0 atom stereocenters. The van der Waals surface area contributed by atoms with Gasteiger partial charge in [0.05, 0.1) is 6.07 Å². The fourth-order valence-electron chi connectivity index (χ4n) is 1.44. The van der Waals surface area contributed by atoms with Crippen LogP contribution in [0.15, 0.2) is 33.3 Å². The van der Waals surface area contributed by atoms with Crippen LogP contribution in [0.2, 0.25) is 0 Å². The Morgan fingerprint density at radius 1 is 1.35 bits per heavy atom. The van der Waals surface area contributed by atoms with Crippen molar-refractivity contribution in [1.82, 2.24) is 10.1 Å². The van der Waals surface area contributed by atoms with Crippen molar-refractivity contribution in [2.45, 2.75) is 19.3 Å². The van der Waals surface area contributed by atoms with Crippen LogP contribution in [-0.2, 0) is 12.8 Å². The summed E-state index contributed by atoms with van der Waals surface area (Å²) in [6.45, 7) is 0. The van der Waals surface area contributed by atoms with Crippen LogP contribution in [0.4, 0.5) is 0 Å². The quantitative estimate of drug-likeness (QED) is 0.869. The van der Waals surface area contributed by atoms with Crippen LogP contribution in [0.25, 0.3) is 0 Å². The van der Waals surface area contributed by atoms with Crippen LogP contribution in [0.3, 0.4) is 0 Å². The third kappa shape index (κ3) is 3.14. The molecule has 0 saturated carbocycles. The predicted octanol–water partition coefficient (Wildman–Crippen LogP) is 2.88. The third-order valence-corrected chi connectivity index (χ3v) is 3.04. The Morgan fingerprint density at radius 3 is 2.94 bits per heavy atom. The van der Waals surface area contributed by atoms with Crippen LogP contribution < -0.4 is 0 Å². The first-order chi connectivity index (χ1) is 8.29. The number of hydrogen-bond acceptors (Lipinski definition) is 4. The highest BCUT2D eigenvalue weighted by Crippen LogP contribution is 2.18. The van der Waals surface area contributed by atoms with Crippen molar-refractivity contribution in [3.8, 4) is 6.07 Å². The first kappa shape index (κ1) is 11.8. The second-order valence-corrected chi connectivity index (χ2v) is 4.38. The van der Waals surface area contributed by atoms with Crippen molar-refractivity contribution in [3.63, 3.8) is 0 Å². The molecular formula is C12H10BrN3O. The molecule has 1 aromatic heterocycles. The summed E-state index contributed by atoms with van der Waals surface area (Å²) < 4.78 is 6.08. The Morgan fingerprint density at radius 2 is 2.18 bits per heavy atom. The van der Waals surface area contributed by atoms with Crippen LogP contribution >= 0.6 is 15.9 Å². The smallest absolute Gasteiger partial charge is 0.227 e. The topological polar surface area (TPSA) is 62.7 Å². The van der Waals surface area contributed by atoms with E-state index in [4.69, 9.17) is 9.78 Å². The van der Waals surface area contributed by atoms with Gasteiger partial charge in [0, 0.05) is 23.7 Å². The minimum Gasteiger partial charge on any atom is -0.339 e.